The van der Waals surface area contributed by atoms with Crippen LogP contribution < -0.4 is 10.2 Å². The van der Waals surface area contributed by atoms with Gasteiger partial charge in [-0.05, 0) is 54.9 Å². The van der Waals surface area contributed by atoms with Crippen LogP contribution in [0.1, 0.15) is 60.9 Å². The van der Waals surface area contributed by atoms with Crippen LogP contribution in [0, 0.1) is 5.41 Å². The fourth-order valence-corrected chi connectivity index (χ4v) is 4.22. The average molecular weight is 344 g/mol. The van der Waals surface area contributed by atoms with Gasteiger partial charge in [0.05, 0.1) is 0 Å². The van der Waals surface area contributed by atoms with Crippen molar-refractivity contribution in [2.24, 2.45) is 5.41 Å². The molecule has 1 heterocycles. The molecule has 25 heavy (non-hydrogen) atoms. The third-order valence-corrected chi connectivity index (χ3v) is 5.87. The fourth-order valence-electron chi connectivity index (χ4n) is 4.22. The minimum Gasteiger partial charge on any atom is -0.396 e. The van der Waals surface area contributed by atoms with Crippen molar-refractivity contribution in [3.63, 3.8) is 0 Å². The molecule has 1 aromatic carbocycles. The lowest BCUT2D eigenvalue weighted by Gasteiger charge is -2.37. The Morgan fingerprint density at radius 2 is 2.00 bits per heavy atom. The summed E-state index contributed by atoms with van der Waals surface area (Å²) in [5.74, 6) is 0.0539. The lowest BCUT2D eigenvalue weighted by Crippen LogP contribution is -2.39. The van der Waals surface area contributed by atoms with Crippen molar-refractivity contribution in [1.29, 1.82) is 0 Å². The van der Waals surface area contributed by atoms with E-state index in [9.17, 15) is 14.7 Å². The number of hydrogen-bond donors (Lipinski definition) is 2. The van der Waals surface area contributed by atoms with Crippen LogP contribution in [0.25, 0.3) is 0 Å². The van der Waals surface area contributed by atoms with Gasteiger partial charge in [0, 0.05) is 37.9 Å². The highest BCUT2D eigenvalue weighted by atomic mass is 16.3. The topological polar surface area (TPSA) is 69.6 Å². The normalized spacial score (nSPS) is 19.4. The third-order valence-electron chi connectivity index (χ3n) is 5.87. The van der Waals surface area contributed by atoms with Crippen molar-refractivity contribution in [2.45, 2.75) is 51.4 Å². The summed E-state index contributed by atoms with van der Waals surface area (Å²) in [4.78, 5) is 26.1. The molecule has 0 unspecified atom stereocenters. The number of nitrogens with zero attached hydrogens (tertiary/aromatic N) is 1. The monoisotopic (exact) mass is 344 g/mol. The zero-order valence-electron chi connectivity index (χ0n) is 15.0. The number of aryl methyl sites for hydroxylation is 1. The van der Waals surface area contributed by atoms with Gasteiger partial charge in [-0.25, -0.2) is 0 Å². The second kappa shape index (κ2) is 7.56. The Bertz CT molecular complexity index is 645. The Labute approximate surface area is 149 Å². The van der Waals surface area contributed by atoms with Gasteiger partial charge >= 0.3 is 0 Å². The molecule has 3 rings (SSSR count). The Morgan fingerprint density at radius 1 is 1.24 bits per heavy atom. The number of nitrogens with one attached hydrogen (secondary N) is 1. The predicted octanol–water partition coefficient (Wildman–Crippen LogP) is 2.66. The summed E-state index contributed by atoms with van der Waals surface area (Å²) in [5.41, 5.74) is 2.65. The maximum absolute atomic E-state index is 12.6. The first-order valence-corrected chi connectivity index (χ1v) is 9.33. The van der Waals surface area contributed by atoms with E-state index in [1.165, 1.54) is 19.3 Å². The van der Waals surface area contributed by atoms with Crippen LogP contribution in [-0.4, -0.2) is 37.1 Å². The molecule has 0 spiro atoms. The van der Waals surface area contributed by atoms with Crippen molar-refractivity contribution in [3.05, 3.63) is 29.3 Å². The van der Waals surface area contributed by atoms with Crippen molar-refractivity contribution in [1.82, 2.24) is 5.32 Å². The molecular formula is C20H28N2O3. The molecule has 0 bridgehead atoms. The first kappa shape index (κ1) is 17.9. The number of fused-ring (bicyclic) bond motifs is 1. The lowest BCUT2D eigenvalue weighted by molar-refractivity contribution is -0.118. The van der Waals surface area contributed by atoms with Crippen molar-refractivity contribution in [2.75, 3.05) is 25.1 Å². The van der Waals surface area contributed by atoms with Gasteiger partial charge in [0.1, 0.15) is 0 Å². The first-order valence-electron chi connectivity index (χ1n) is 9.33. The molecule has 5 nitrogen and oxygen atoms in total. The molecule has 136 valence electrons. The average Bonchev–Trinajstić information content (AvgIpc) is 2.64. The summed E-state index contributed by atoms with van der Waals surface area (Å²) in [7, 11) is 1.78. The molecule has 1 saturated carbocycles. The highest BCUT2D eigenvalue weighted by Crippen LogP contribution is 2.38. The quantitative estimate of drug-likeness (QED) is 0.863. The molecule has 1 aliphatic carbocycles. The second-order valence-electron chi connectivity index (χ2n) is 7.51. The molecule has 1 fully saturated rings. The molecule has 2 aliphatic rings. The van der Waals surface area contributed by atoms with Crippen LogP contribution in [0.2, 0.25) is 0 Å². The summed E-state index contributed by atoms with van der Waals surface area (Å²) in [6.45, 7) is 0.803. The minimum atomic E-state index is -0.0646. The van der Waals surface area contributed by atoms with Crippen molar-refractivity contribution < 1.29 is 14.7 Å². The van der Waals surface area contributed by atoms with Gasteiger partial charge in [-0.3, -0.25) is 9.59 Å². The maximum atomic E-state index is 12.6. The van der Waals surface area contributed by atoms with E-state index in [-0.39, 0.29) is 23.8 Å². The number of amides is 2. The number of anilines is 1. The lowest BCUT2D eigenvalue weighted by atomic mass is 9.72. The number of carbonyl (C=O) groups excluding carboxylic acids is 2. The molecule has 0 radical (unpaired) electrons. The van der Waals surface area contributed by atoms with Crippen LogP contribution in [0.5, 0.6) is 0 Å². The van der Waals surface area contributed by atoms with E-state index >= 15 is 0 Å². The van der Waals surface area contributed by atoms with Gasteiger partial charge in [-0.2, -0.15) is 0 Å². The number of aliphatic hydroxyl groups excluding tert-OH is 1. The van der Waals surface area contributed by atoms with E-state index in [0.29, 0.717) is 24.9 Å². The SMILES string of the molecule is CN1C(=O)CCc2cc(C(=O)NCC3(CCO)CCCCC3)ccc21. The first-order chi connectivity index (χ1) is 12.0. The number of aliphatic hydroxyl groups is 1. The molecule has 0 atom stereocenters. The van der Waals surface area contributed by atoms with E-state index in [0.717, 1.165) is 30.5 Å². The van der Waals surface area contributed by atoms with Gasteiger partial charge < -0.3 is 15.3 Å². The summed E-state index contributed by atoms with van der Waals surface area (Å²) < 4.78 is 0. The standard InChI is InChI=1S/C20H28N2O3/c1-22-17-7-5-16(13-15(17)6-8-18(22)24)19(25)21-14-20(11-12-23)9-3-2-4-10-20/h5,7,13,23H,2-4,6,8-12,14H2,1H3,(H,21,25). The molecule has 0 aromatic heterocycles. The highest BCUT2D eigenvalue weighted by Gasteiger charge is 2.32. The summed E-state index contributed by atoms with van der Waals surface area (Å²) in [6, 6.07) is 5.57. The molecule has 2 N–H and O–H groups in total. The second-order valence-corrected chi connectivity index (χ2v) is 7.51. The van der Waals surface area contributed by atoms with Crippen molar-refractivity contribution in [3.8, 4) is 0 Å². The number of rotatable bonds is 5. The van der Waals surface area contributed by atoms with E-state index in [1.807, 2.05) is 12.1 Å². The van der Waals surface area contributed by atoms with Gasteiger partial charge in [-0.15, -0.1) is 0 Å². The summed E-state index contributed by atoms with van der Waals surface area (Å²) >= 11 is 0. The molecule has 1 aromatic rings. The number of hydrogen-bond acceptors (Lipinski definition) is 3. The Balaban J connectivity index is 1.68. The van der Waals surface area contributed by atoms with E-state index in [4.69, 9.17) is 0 Å². The Kier molecular flexibility index (Phi) is 5.42. The predicted molar refractivity (Wildman–Crippen MR) is 97.7 cm³/mol. The Hall–Kier alpha value is -1.88. The number of benzene rings is 1. The summed E-state index contributed by atoms with van der Waals surface area (Å²) in [5, 5.41) is 12.5. The van der Waals surface area contributed by atoms with Crippen LogP contribution in [0.15, 0.2) is 18.2 Å². The highest BCUT2D eigenvalue weighted by molar-refractivity contribution is 5.98. The van der Waals surface area contributed by atoms with Crippen molar-refractivity contribution >= 4 is 17.5 Å². The van der Waals surface area contributed by atoms with Crippen LogP contribution >= 0.6 is 0 Å². The van der Waals surface area contributed by atoms with Crippen LogP contribution in [-0.2, 0) is 11.2 Å². The smallest absolute Gasteiger partial charge is 0.251 e. The minimum absolute atomic E-state index is 0.0451. The van der Waals surface area contributed by atoms with Gasteiger partial charge in [0.2, 0.25) is 5.91 Å². The zero-order chi connectivity index (χ0) is 17.9. The fraction of sp³-hybridized carbons (Fsp3) is 0.600. The largest absolute Gasteiger partial charge is 0.396 e. The van der Waals surface area contributed by atoms with Gasteiger partial charge in [-0.1, -0.05) is 19.3 Å². The van der Waals surface area contributed by atoms with E-state index in [2.05, 4.69) is 5.32 Å². The molecule has 0 saturated heterocycles. The zero-order valence-corrected chi connectivity index (χ0v) is 15.0. The number of carbonyl (C=O) groups is 2. The third kappa shape index (κ3) is 3.87. The van der Waals surface area contributed by atoms with Gasteiger partial charge in [0.25, 0.3) is 5.91 Å². The molecule has 2 amide bonds. The Morgan fingerprint density at radius 3 is 2.72 bits per heavy atom. The maximum Gasteiger partial charge on any atom is 0.251 e. The van der Waals surface area contributed by atoms with Crippen LogP contribution in [0.4, 0.5) is 5.69 Å². The van der Waals surface area contributed by atoms with Gasteiger partial charge in [0.15, 0.2) is 0 Å². The molecular weight excluding hydrogens is 316 g/mol. The molecule has 1 aliphatic heterocycles. The summed E-state index contributed by atoms with van der Waals surface area (Å²) in [6.07, 6.45) is 7.69. The van der Waals surface area contributed by atoms with E-state index < -0.39 is 0 Å². The molecule has 5 heteroatoms. The van der Waals surface area contributed by atoms with E-state index in [1.54, 1.807) is 18.0 Å². The van der Waals surface area contributed by atoms with Crippen LogP contribution in [0.3, 0.4) is 0 Å².